The van der Waals surface area contributed by atoms with Crippen LogP contribution in [0.15, 0.2) is 78.9 Å². The van der Waals surface area contributed by atoms with Crippen molar-refractivity contribution >= 4 is 29.3 Å². The van der Waals surface area contributed by atoms with E-state index in [0.717, 1.165) is 6.42 Å². The topological polar surface area (TPSA) is 90.0 Å². The molecule has 3 aromatic carbocycles. The average Bonchev–Trinajstić information content (AvgIpc) is 3.21. The third-order valence-corrected chi connectivity index (χ3v) is 7.30. The molecule has 1 heterocycles. The van der Waals surface area contributed by atoms with Crippen LogP contribution in [0.5, 0.6) is 5.75 Å². The summed E-state index contributed by atoms with van der Waals surface area (Å²) in [7, 11) is 1.54. The molecule has 7 nitrogen and oxygen atoms in total. The van der Waals surface area contributed by atoms with Gasteiger partial charge in [0.25, 0.3) is 0 Å². The molecular formula is C30H27NO6. The number of ether oxygens (including phenoxy) is 2. The Kier molecular flexibility index (Phi) is 6.86. The molecule has 2 amide bonds. The van der Waals surface area contributed by atoms with E-state index >= 15 is 0 Å². The van der Waals surface area contributed by atoms with Crippen LogP contribution in [0.1, 0.15) is 51.5 Å². The molecule has 1 saturated heterocycles. The van der Waals surface area contributed by atoms with Crippen LogP contribution in [-0.2, 0) is 14.3 Å². The van der Waals surface area contributed by atoms with Crippen molar-refractivity contribution in [2.24, 2.45) is 11.8 Å². The molecule has 0 unspecified atom stereocenters. The number of carbonyl (C=O) groups is 4. The highest BCUT2D eigenvalue weighted by Crippen LogP contribution is 2.45. The van der Waals surface area contributed by atoms with E-state index in [1.165, 1.54) is 29.7 Å². The summed E-state index contributed by atoms with van der Waals surface area (Å²) < 4.78 is 10.2. The molecule has 3 atom stereocenters. The van der Waals surface area contributed by atoms with Gasteiger partial charge >= 0.3 is 5.97 Å². The number of esters is 1. The Hall–Kier alpha value is -4.26. The van der Waals surface area contributed by atoms with Crippen molar-refractivity contribution in [1.82, 2.24) is 0 Å². The van der Waals surface area contributed by atoms with Gasteiger partial charge < -0.3 is 9.47 Å². The summed E-state index contributed by atoms with van der Waals surface area (Å²) in [5, 5.41) is 0. The van der Waals surface area contributed by atoms with E-state index in [1.807, 2.05) is 18.2 Å². The monoisotopic (exact) mass is 497 g/mol. The minimum Gasteiger partial charge on any atom is -0.497 e. The number of anilines is 1. The SMILES string of the molecule is COc1ccc(C(=O)COC(=O)c2ccc(N3C(=O)[C@@H]4CC[C@H](c5ccccc5)C[C@H]4C3=O)cc2)cc1. The summed E-state index contributed by atoms with van der Waals surface area (Å²) in [4.78, 5) is 52.4. The number of carbonyl (C=O) groups excluding carboxylic acids is 4. The number of hydrogen-bond acceptors (Lipinski definition) is 6. The molecule has 0 radical (unpaired) electrons. The smallest absolute Gasteiger partial charge is 0.338 e. The van der Waals surface area contributed by atoms with Crippen LogP contribution < -0.4 is 9.64 Å². The number of Topliss-reactive ketones (excluding diaryl/α,β-unsaturated/α-hetero) is 1. The lowest BCUT2D eigenvalue weighted by atomic mass is 9.73. The number of imide groups is 1. The fourth-order valence-electron chi connectivity index (χ4n) is 5.28. The van der Waals surface area contributed by atoms with Crippen molar-refractivity contribution in [2.45, 2.75) is 25.2 Å². The molecule has 0 bridgehead atoms. The molecule has 7 heteroatoms. The minimum absolute atomic E-state index is 0.179. The number of rotatable bonds is 7. The summed E-state index contributed by atoms with van der Waals surface area (Å²) in [6, 6.07) is 22.8. The maximum atomic E-state index is 13.3. The number of methoxy groups -OCH3 is 1. The summed E-state index contributed by atoms with van der Waals surface area (Å²) in [5.74, 6) is -1.11. The van der Waals surface area contributed by atoms with Gasteiger partial charge in [-0.3, -0.25) is 19.3 Å². The van der Waals surface area contributed by atoms with E-state index < -0.39 is 12.6 Å². The average molecular weight is 498 g/mol. The van der Waals surface area contributed by atoms with Gasteiger partial charge in [0, 0.05) is 5.56 Å². The van der Waals surface area contributed by atoms with Gasteiger partial charge in [0.2, 0.25) is 11.8 Å². The first-order chi connectivity index (χ1) is 18.0. The fourth-order valence-corrected chi connectivity index (χ4v) is 5.28. The lowest BCUT2D eigenvalue weighted by Crippen LogP contribution is -2.30. The van der Waals surface area contributed by atoms with E-state index in [4.69, 9.17) is 9.47 Å². The highest BCUT2D eigenvalue weighted by Gasteiger charge is 2.50. The molecule has 0 N–H and O–H groups in total. The first-order valence-electron chi connectivity index (χ1n) is 12.3. The Morgan fingerprint density at radius 2 is 1.46 bits per heavy atom. The molecule has 5 rings (SSSR count). The molecule has 37 heavy (non-hydrogen) atoms. The Balaban J connectivity index is 1.22. The number of hydrogen-bond donors (Lipinski definition) is 0. The van der Waals surface area contributed by atoms with Crippen molar-refractivity contribution in [3.63, 3.8) is 0 Å². The first-order valence-corrected chi connectivity index (χ1v) is 12.3. The maximum Gasteiger partial charge on any atom is 0.338 e. The quantitative estimate of drug-likeness (QED) is 0.264. The molecule has 3 aromatic rings. The van der Waals surface area contributed by atoms with Crippen LogP contribution >= 0.6 is 0 Å². The van der Waals surface area contributed by atoms with Crippen molar-refractivity contribution in [2.75, 3.05) is 18.6 Å². The summed E-state index contributed by atoms with van der Waals surface area (Å²) >= 11 is 0. The Morgan fingerprint density at radius 1 is 0.811 bits per heavy atom. The normalized spacial score (nSPS) is 20.9. The van der Waals surface area contributed by atoms with Crippen LogP contribution in [0.25, 0.3) is 0 Å². The summed E-state index contributed by atoms with van der Waals surface area (Å²) in [6.07, 6.45) is 2.21. The maximum absolute atomic E-state index is 13.3. The highest BCUT2D eigenvalue weighted by atomic mass is 16.5. The molecule has 2 fully saturated rings. The van der Waals surface area contributed by atoms with Gasteiger partial charge in [0.05, 0.1) is 30.2 Å². The van der Waals surface area contributed by atoms with Crippen LogP contribution in [0.4, 0.5) is 5.69 Å². The Bertz CT molecular complexity index is 1320. The summed E-state index contributed by atoms with van der Waals surface area (Å²) in [5.41, 5.74) is 2.28. The van der Waals surface area contributed by atoms with Crippen molar-refractivity contribution < 1.29 is 28.7 Å². The zero-order chi connectivity index (χ0) is 25.9. The highest BCUT2D eigenvalue weighted by molar-refractivity contribution is 6.22. The van der Waals surface area contributed by atoms with Crippen molar-refractivity contribution in [1.29, 1.82) is 0 Å². The van der Waals surface area contributed by atoms with Gasteiger partial charge in [0.1, 0.15) is 5.75 Å². The van der Waals surface area contributed by atoms with Crippen molar-refractivity contribution in [3.8, 4) is 5.75 Å². The van der Waals surface area contributed by atoms with E-state index in [9.17, 15) is 19.2 Å². The molecule has 1 aliphatic carbocycles. The number of amides is 2. The molecular weight excluding hydrogens is 470 g/mol. The Labute approximate surface area is 215 Å². The van der Waals surface area contributed by atoms with Gasteiger partial charge in [-0.15, -0.1) is 0 Å². The van der Waals surface area contributed by atoms with Crippen LogP contribution in [0, 0.1) is 11.8 Å². The van der Waals surface area contributed by atoms with Gasteiger partial charge in [-0.05, 0) is 79.3 Å². The molecule has 2 aliphatic rings. The molecule has 1 saturated carbocycles. The molecule has 0 spiro atoms. The molecule has 1 aliphatic heterocycles. The van der Waals surface area contributed by atoms with E-state index in [2.05, 4.69) is 12.1 Å². The zero-order valence-corrected chi connectivity index (χ0v) is 20.5. The number of benzene rings is 3. The van der Waals surface area contributed by atoms with Crippen LogP contribution in [0.2, 0.25) is 0 Å². The molecule has 0 aromatic heterocycles. The third kappa shape index (κ3) is 4.89. The number of fused-ring (bicyclic) bond motifs is 1. The molecule has 188 valence electrons. The second kappa shape index (κ2) is 10.4. The standard InChI is InChI=1S/C30H27NO6/c1-36-24-14-9-20(10-15-24)27(32)18-37-30(35)21-7-12-23(13-8-21)31-28(33)25-16-11-22(17-26(25)29(31)34)19-5-3-2-4-6-19/h2-10,12-15,22,25-26H,11,16-18H2,1H3/t22-,25+,26+/m0/s1. The van der Waals surface area contributed by atoms with Gasteiger partial charge in [-0.2, -0.15) is 0 Å². The number of nitrogens with zero attached hydrogens (tertiary/aromatic N) is 1. The fraction of sp³-hybridized carbons (Fsp3) is 0.267. The lowest BCUT2D eigenvalue weighted by Gasteiger charge is -2.28. The zero-order valence-electron chi connectivity index (χ0n) is 20.5. The van der Waals surface area contributed by atoms with E-state index in [1.54, 1.807) is 36.4 Å². The lowest BCUT2D eigenvalue weighted by molar-refractivity contribution is -0.122. The third-order valence-electron chi connectivity index (χ3n) is 7.30. The van der Waals surface area contributed by atoms with Crippen molar-refractivity contribution in [3.05, 3.63) is 95.6 Å². The van der Waals surface area contributed by atoms with Crippen LogP contribution in [0.3, 0.4) is 0 Å². The summed E-state index contributed by atoms with van der Waals surface area (Å²) in [6.45, 7) is -0.401. The predicted molar refractivity (Wildman–Crippen MR) is 137 cm³/mol. The van der Waals surface area contributed by atoms with Gasteiger partial charge in [0.15, 0.2) is 12.4 Å². The van der Waals surface area contributed by atoms with Crippen LogP contribution in [-0.4, -0.2) is 37.3 Å². The van der Waals surface area contributed by atoms with E-state index in [-0.39, 0.29) is 40.9 Å². The predicted octanol–water partition coefficient (Wildman–Crippen LogP) is 4.81. The second-order valence-electron chi connectivity index (χ2n) is 9.42. The van der Waals surface area contributed by atoms with Gasteiger partial charge in [-0.1, -0.05) is 30.3 Å². The minimum atomic E-state index is -0.660. The Morgan fingerprint density at radius 3 is 2.14 bits per heavy atom. The largest absolute Gasteiger partial charge is 0.497 e. The second-order valence-corrected chi connectivity index (χ2v) is 9.42. The number of ketones is 1. The van der Waals surface area contributed by atoms with E-state index in [0.29, 0.717) is 29.8 Å². The first kappa shape index (κ1) is 24.4. The van der Waals surface area contributed by atoms with Gasteiger partial charge in [-0.25, -0.2) is 4.79 Å².